The fourth-order valence-corrected chi connectivity index (χ4v) is 2.41. The van der Waals surface area contributed by atoms with Crippen LogP contribution in [0.3, 0.4) is 0 Å². The molecule has 3 aromatic rings. The van der Waals surface area contributed by atoms with Crippen molar-refractivity contribution in [1.29, 1.82) is 0 Å². The third kappa shape index (κ3) is 3.52. The average molecular weight is 375 g/mol. The molecule has 0 aliphatic rings. The Kier molecular flexibility index (Phi) is 4.93. The lowest BCUT2D eigenvalue weighted by atomic mass is 10.2. The number of nitrogens with one attached hydrogen (secondary N) is 1. The quantitative estimate of drug-likeness (QED) is 0.684. The van der Waals surface area contributed by atoms with Gasteiger partial charge in [-0.15, -0.1) is 0 Å². The van der Waals surface area contributed by atoms with Crippen molar-refractivity contribution >= 4 is 17.5 Å². The number of carbonyl (C=O) groups is 1. The molecule has 0 aliphatic carbocycles. The van der Waals surface area contributed by atoms with Crippen molar-refractivity contribution in [3.8, 4) is 23.0 Å². The van der Waals surface area contributed by atoms with Crippen LogP contribution in [0.4, 0.5) is 20.4 Å². The number of nitrogens with zero attached hydrogens (tertiary/aromatic N) is 1. The normalized spacial score (nSPS) is 10.5. The van der Waals surface area contributed by atoms with Crippen molar-refractivity contribution in [2.24, 2.45) is 5.73 Å². The highest BCUT2D eigenvalue weighted by molar-refractivity contribution is 5.96. The second-order valence-corrected chi connectivity index (χ2v) is 5.35. The minimum Gasteiger partial charge on any atom is -0.497 e. The van der Waals surface area contributed by atoms with Crippen LogP contribution in [0.1, 0.15) is 10.5 Å². The summed E-state index contributed by atoms with van der Waals surface area (Å²) in [6, 6.07) is 8.14. The topological polar surface area (TPSA) is 99.6 Å². The van der Waals surface area contributed by atoms with Crippen LogP contribution in [-0.2, 0) is 0 Å². The van der Waals surface area contributed by atoms with Crippen LogP contribution in [0.2, 0.25) is 0 Å². The van der Waals surface area contributed by atoms with E-state index in [2.05, 4.69) is 10.3 Å². The van der Waals surface area contributed by atoms with Crippen molar-refractivity contribution in [1.82, 2.24) is 4.98 Å². The summed E-state index contributed by atoms with van der Waals surface area (Å²) in [5.41, 5.74) is 4.89. The van der Waals surface area contributed by atoms with E-state index in [1.165, 1.54) is 20.3 Å². The smallest absolute Gasteiger partial charge is 0.273 e. The summed E-state index contributed by atoms with van der Waals surface area (Å²) in [6.07, 6.45) is 0. The predicted octanol–water partition coefficient (Wildman–Crippen LogP) is 3.48. The first-order valence-corrected chi connectivity index (χ1v) is 7.68. The summed E-state index contributed by atoms with van der Waals surface area (Å²) in [5, 5.41) is 2.80. The van der Waals surface area contributed by atoms with E-state index in [1.807, 2.05) is 0 Å². The number of benzene rings is 2. The van der Waals surface area contributed by atoms with E-state index < -0.39 is 29.0 Å². The van der Waals surface area contributed by atoms with Crippen LogP contribution in [0.5, 0.6) is 11.5 Å². The number of halogens is 2. The van der Waals surface area contributed by atoms with Gasteiger partial charge in [-0.2, -0.15) is 0 Å². The number of hydrogen-bond acceptors (Lipinski definition) is 6. The number of primary amides is 1. The van der Waals surface area contributed by atoms with E-state index in [1.54, 1.807) is 18.2 Å². The average Bonchev–Trinajstić information content (AvgIpc) is 3.05. The van der Waals surface area contributed by atoms with Crippen LogP contribution in [-0.4, -0.2) is 25.1 Å². The molecule has 140 valence electrons. The second kappa shape index (κ2) is 7.32. The van der Waals surface area contributed by atoms with Gasteiger partial charge in [-0.1, -0.05) is 6.07 Å². The molecule has 0 bridgehead atoms. The zero-order chi connectivity index (χ0) is 19.6. The molecule has 0 saturated heterocycles. The van der Waals surface area contributed by atoms with Crippen molar-refractivity contribution in [3.05, 3.63) is 53.7 Å². The molecule has 7 nitrogen and oxygen atoms in total. The number of methoxy groups -OCH3 is 2. The largest absolute Gasteiger partial charge is 0.497 e. The summed E-state index contributed by atoms with van der Waals surface area (Å²) in [7, 11) is 2.94. The highest BCUT2D eigenvalue weighted by Gasteiger charge is 2.24. The Morgan fingerprint density at radius 3 is 2.44 bits per heavy atom. The molecule has 0 atom stereocenters. The number of oxazole rings is 1. The van der Waals surface area contributed by atoms with E-state index >= 15 is 0 Å². The molecule has 0 radical (unpaired) electrons. The van der Waals surface area contributed by atoms with Gasteiger partial charge >= 0.3 is 0 Å². The number of carbonyl (C=O) groups excluding carboxylic acids is 1. The molecular weight excluding hydrogens is 360 g/mol. The zero-order valence-corrected chi connectivity index (χ0v) is 14.4. The second-order valence-electron chi connectivity index (χ2n) is 5.35. The van der Waals surface area contributed by atoms with Crippen LogP contribution >= 0.6 is 0 Å². The Labute approximate surface area is 152 Å². The summed E-state index contributed by atoms with van der Waals surface area (Å²) in [4.78, 5) is 15.5. The minimum atomic E-state index is -0.934. The van der Waals surface area contributed by atoms with Crippen LogP contribution < -0.4 is 20.5 Å². The predicted molar refractivity (Wildman–Crippen MR) is 93.2 cm³/mol. The number of amides is 1. The van der Waals surface area contributed by atoms with Gasteiger partial charge < -0.3 is 24.9 Å². The standard InChI is InChI=1S/C18H15F2N3O4/c1-25-9-6-7-12(13(8-9)26-2)22-18-15(16(21)24)23-17(27-18)14-10(19)4-3-5-11(14)20/h3-8,22H,1-2H3,(H2,21,24). The molecule has 0 fully saturated rings. The third-order valence-electron chi connectivity index (χ3n) is 3.69. The molecule has 0 unspecified atom stereocenters. The number of anilines is 2. The van der Waals surface area contributed by atoms with Crippen LogP contribution in [0.25, 0.3) is 11.5 Å². The van der Waals surface area contributed by atoms with E-state index in [9.17, 15) is 13.6 Å². The van der Waals surface area contributed by atoms with Gasteiger partial charge in [-0.3, -0.25) is 4.79 Å². The number of aromatic nitrogens is 1. The van der Waals surface area contributed by atoms with Gasteiger partial charge in [0.1, 0.15) is 28.7 Å². The van der Waals surface area contributed by atoms with Gasteiger partial charge in [0.15, 0.2) is 5.69 Å². The first kappa shape index (κ1) is 18.2. The molecule has 27 heavy (non-hydrogen) atoms. The molecule has 2 aromatic carbocycles. The molecule has 0 saturated carbocycles. The molecule has 1 heterocycles. The summed E-state index contributed by atoms with van der Waals surface area (Å²) >= 11 is 0. The Morgan fingerprint density at radius 2 is 1.85 bits per heavy atom. The summed E-state index contributed by atoms with van der Waals surface area (Å²) < 4.78 is 43.7. The summed E-state index contributed by atoms with van der Waals surface area (Å²) in [5.74, 6) is -2.39. The fraction of sp³-hybridized carbons (Fsp3) is 0.111. The fourth-order valence-electron chi connectivity index (χ4n) is 2.41. The lowest BCUT2D eigenvalue weighted by Gasteiger charge is -2.11. The van der Waals surface area contributed by atoms with E-state index in [0.717, 1.165) is 12.1 Å². The maximum atomic E-state index is 14.0. The lowest BCUT2D eigenvalue weighted by Crippen LogP contribution is -2.13. The van der Waals surface area contributed by atoms with Crippen molar-refractivity contribution in [3.63, 3.8) is 0 Å². The monoisotopic (exact) mass is 375 g/mol. The molecule has 3 N–H and O–H groups in total. The van der Waals surface area contributed by atoms with Gasteiger partial charge in [-0.05, 0) is 24.3 Å². The molecule has 1 aromatic heterocycles. The van der Waals surface area contributed by atoms with Crippen molar-refractivity contribution < 1.29 is 27.5 Å². The van der Waals surface area contributed by atoms with Crippen LogP contribution in [0, 0.1) is 11.6 Å². The van der Waals surface area contributed by atoms with E-state index in [4.69, 9.17) is 19.6 Å². The maximum absolute atomic E-state index is 14.0. The first-order valence-electron chi connectivity index (χ1n) is 7.68. The highest BCUT2D eigenvalue weighted by Crippen LogP contribution is 2.35. The third-order valence-corrected chi connectivity index (χ3v) is 3.69. The number of hydrogen-bond donors (Lipinski definition) is 2. The number of nitrogens with two attached hydrogens (primary N) is 1. The van der Waals surface area contributed by atoms with Crippen molar-refractivity contribution in [2.75, 3.05) is 19.5 Å². The van der Waals surface area contributed by atoms with Crippen molar-refractivity contribution in [2.45, 2.75) is 0 Å². The molecule has 0 aliphatic heterocycles. The Balaban J connectivity index is 2.06. The molecule has 3 rings (SSSR count). The highest BCUT2D eigenvalue weighted by atomic mass is 19.1. The molecule has 9 heteroatoms. The number of ether oxygens (including phenoxy) is 2. The van der Waals surface area contributed by atoms with E-state index in [-0.39, 0.29) is 11.6 Å². The first-order chi connectivity index (χ1) is 12.9. The van der Waals surface area contributed by atoms with Crippen LogP contribution in [0.15, 0.2) is 40.8 Å². The van der Waals surface area contributed by atoms with Gasteiger partial charge in [-0.25, -0.2) is 13.8 Å². The Hall–Kier alpha value is -3.62. The van der Waals surface area contributed by atoms with Gasteiger partial charge in [0.2, 0.25) is 11.8 Å². The van der Waals surface area contributed by atoms with E-state index in [0.29, 0.717) is 17.2 Å². The minimum absolute atomic E-state index is 0.177. The molecular formula is C18H15F2N3O4. The Morgan fingerprint density at radius 1 is 1.15 bits per heavy atom. The SMILES string of the molecule is COc1ccc(Nc2oc(-c3c(F)cccc3F)nc2C(N)=O)c(OC)c1. The van der Waals surface area contributed by atoms with Gasteiger partial charge in [0, 0.05) is 6.07 Å². The van der Waals surface area contributed by atoms with Gasteiger partial charge in [0.25, 0.3) is 5.91 Å². The van der Waals surface area contributed by atoms with Gasteiger partial charge in [0.05, 0.1) is 19.9 Å². The lowest BCUT2D eigenvalue weighted by molar-refractivity contribution is 0.0996. The zero-order valence-electron chi connectivity index (χ0n) is 14.4. The number of rotatable bonds is 6. The summed E-state index contributed by atoms with van der Waals surface area (Å²) in [6.45, 7) is 0. The molecule has 0 spiro atoms. The maximum Gasteiger partial charge on any atom is 0.273 e. The molecule has 1 amide bonds. The Bertz CT molecular complexity index is 984.